The SMILES string of the molecule is O=c1cc(C(F)(F)F)ncn1CC1CCN(Cc2nc3c(s2)COCC3)CC1. The van der Waals surface area contributed by atoms with Crippen LogP contribution in [0.2, 0.25) is 0 Å². The standard InChI is InChI=1S/C18H21F3N4O2S/c19-18(20,21)15-7-17(26)25(11-22-15)8-12-1-4-24(5-2-12)9-16-23-13-3-6-27-10-14(13)28-16/h7,11-12H,1-6,8-10H2. The van der Waals surface area contributed by atoms with Crippen molar-refractivity contribution in [2.75, 3.05) is 19.7 Å². The van der Waals surface area contributed by atoms with Crippen LogP contribution in [0.15, 0.2) is 17.2 Å². The lowest BCUT2D eigenvalue weighted by molar-refractivity contribution is -0.141. The Balaban J connectivity index is 1.31. The summed E-state index contributed by atoms with van der Waals surface area (Å²) in [6, 6.07) is 0.572. The van der Waals surface area contributed by atoms with Gasteiger partial charge in [-0.3, -0.25) is 14.3 Å². The fourth-order valence-electron chi connectivity index (χ4n) is 3.66. The fourth-order valence-corrected chi connectivity index (χ4v) is 4.76. The second-order valence-corrected chi connectivity index (χ2v) is 8.43. The maximum atomic E-state index is 12.6. The van der Waals surface area contributed by atoms with Gasteiger partial charge in [-0.15, -0.1) is 11.3 Å². The van der Waals surface area contributed by atoms with Gasteiger partial charge in [0.05, 0.1) is 36.7 Å². The van der Waals surface area contributed by atoms with Gasteiger partial charge < -0.3 is 4.74 Å². The molecule has 2 aliphatic rings. The summed E-state index contributed by atoms with van der Waals surface area (Å²) in [7, 11) is 0. The van der Waals surface area contributed by atoms with Crippen molar-refractivity contribution in [1.82, 2.24) is 19.4 Å². The molecule has 152 valence electrons. The number of aromatic nitrogens is 3. The molecule has 0 bridgehead atoms. The highest BCUT2D eigenvalue weighted by Crippen LogP contribution is 2.27. The Morgan fingerprint density at radius 3 is 2.75 bits per heavy atom. The molecular weight excluding hydrogens is 393 g/mol. The van der Waals surface area contributed by atoms with Crippen LogP contribution < -0.4 is 5.56 Å². The second-order valence-electron chi connectivity index (χ2n) is 7.26. The average Bonchev–Trinajstić information content (AvgIpc) is 3.06. The quantitative estimate of drug-likeness (QED) is 0.770. The lowest BCUT2D eigenvalue weighted by atomic mass is 9.97. The number of likely N-dealkylation sites (tertiary alicyclic amines) is 1. The molecular formula is C18H21F3N4O2S. The van der Waals surface area contributed by atoms with Crippen molar-refractivity contribution in [1.29, 1.82) is 0 Å². The van der Waals surface area contributed by atoms with Crippen LogP contribution in [0.5, 0.6) is 0 Å². The van der Waals surface area contributed by atoms with Crippen LogP contribution in [0, 0.1) is 5.92 Å². The zero-order chi connectivity index (χ0) is 19.7. The monoisotopic (exact) mass is 414 g/mol. The summed E-state index contributed by atoms with van der Waals surface area (Å²) in [5.74, 6) is 0.255. The van der Waals surface area contributed by atoms with E-state index in [-0.39, 0.29) is 5.92 Å². The highest BCUT2D eigenvalue weighted by Gasteiger charge is 2.33. The molecule has 0 aliphatic carbocycles. The van der Waals surface area contributed by atoms with Gasteiger partial charge in [0.25, 0.3) is 5.56 Å². The molecule has 0 atom stereocenters. The van der Waals surface area contributed by atoms with Gasteiger partial charge in [-0.2, -0.15) is 13.2 Å². The first-order valence-electron chi connectivity index (χ1n) is 9.30. The third-order valence-corrected chi connectivity index (χ3v) is 6.29. The molecule has 1 fully saturated rings. The Morgan fingerprint density at radius 1 is 1.29 bits per heavy atom. The molecule has 0 N–H and O–H groups in total. The summed E-state index contributed by atoms with van der Waals surface area (Å²) in [6.07, 6.45) is -0.919. The number of fused-ring (bicyclic) bond motifs is 1. The molecule has 2 aromatic rings. The molecule has 10 heteroatoms. The van der Waals surface area contributed by atoms with Crippen molar-refractivity contribution in [2.45, 2.75) is 45.1 Å². The van der Waals surface area contributed by atoms with Crippen molar-refractivity contribution >= 4 is 11.3 Å². The summed E-state index contributed by atoms with van der Waals surface area (Å²) < 4.78 is 44.6. The van der Waals surface area contributed by atoms with Gasteiger partial charge in [-0.1, -0.05) is 0 Å². The normalized spacial score (nSPS) is 19.0. The van der Waals surface area contributed by atoms with Crippen molar-refractivity contribution in [3.8, 4) is 0 Å². The Labute approximate surface area is 164 Å². The predicted octanol–water partition coefficient (Wildman–Crippen LogP) is 2.70. The molecule has 28 heavy (non-hydrogen) atoms. The number of alkyl halides is 3. The molecule has 2 aromatic heterocycles. The molecule has 6 nitrogen and oxygen atoms in total. The van der Waals surface area contributed by atoms with E-state index < -0.39 is 17.4 Å². The number of thiazole rings is 1. The van der Waals surface area contributed by atoms with Crippen LogP contribution in [0.25, 0.3) is 0 Å². The molecule has 2 aliphatic heterocycles. The predicted molar refractivity (Wildman–Crippen MR) is 97.0 cm³/mol. The molecule has 4 rings (SSSR count). The first-order valence-corrected chi connectivity index (χ1v) is 10.1. The summed E-state index contributed by atoms with van der Waals surface area (Å²) in [4.78, 5) is 23.6. The van der Waals surface area contributed by atoms with Crippen LogP contribution in [0.4, 0.5) is 13.2 Å². The van der Waals surface area contributed by atoms with Gasteiger partial charge in [0.1, 0.15) is 5.01 Å². The highest BCUT2D eigenvalue weighted by atomic mass is 32.1. The Hall–Kier alpha value is -1.78. The summed E-state index contributed by atoms with van der Waals surface area (Å²) >= 11 is 1.71. The minimum absolute atomic E-state index is 0.255. The summed E-state index contributed by atoms with van der Waals surface area (Å²) in [5, 5.41) is 1.11. The van der Waals surface area contributed by atoms with E-state index in [1.54, 1.807) is 11.3 Å². The van der Waals surface area contributed by atoms with E-state index in [1.165, 1.54) is 9.44 Å². The van der Waals surface area contributed by atoms with E-state index in [0.29, 0.717) is 19.2 Å². The molecule has 4 heterocycles. The smallest absolute Gasteiger partial charge is 0.375 e. The van der Waals surface area contributed by atoms with Gasteiger partial charge in [0, 0.05) is 19.0 Å². The van der Waals surface area contributed by atoms with Crippen molar-refractivity contribution in [3.63, 3.8) is 0 Å². The van der Waals surface area contributed by atoms with Gasteiger partial charge in [0.15, 0.2) is 5.69 Å². The van der Waals surface area contributed by atoms with E-state index in [0.717, 1.165) is 62.5 Å². The van der Waals surface area contributed by atoms with Gasteiger partial charge >= 0.3 is 6.18 Å². The molecule has 0 spiro atoms. The number of hydrogen-bond donors (Lipinski definition) is 0. The van der Waals surface area contributed by atoms with Crippen LogP contribution in [-0.4, -0.2) is 39.1 Å². The Bertz CT molecular complexity index is 864. The van der Waals surface area contributed by atoms with E-state index in [2.05, 4.69) is 9.88 Å². The third kappa shape index (κ3) is 4.44. The largest absolute Gasteiger partial charge is 0.433 e. The summed E-state index contributed by atoms with van der Waals surface area (Å²) in [5.41, 5.74) is -0.629. The third-order valence-electron chi connectivity index (χ3n) is 5.23. The van der Waals surface area contributed by atoms with Crippen molar-refractivity contribution in [3.05, 3.63) is 44.0 Å². The zero-order valence-corrected chi connectivity index (χ0v) is 16.1. The first kappa shape index (κ1) is 19.5. The van der Waals surface area contributed by atoms with E-state index in [1.807, 2.05) is 0 Å². The minimum Gasteiger partial charge on any atom is -0.375 e. The van der Waals surface area contributed by atoms with Crippen molar-refractivity contribution in [2.24, 2.45) is 5.92 Å². The van der Waals surface area contributed by atoms with Crippen LogP contribution in [0.1, 0.15) is 34.1 Å². The first-order chi connectivity index (χ1) is 13.4. The maximum Gasteiger partial charge on any atom is 0.433 e. The van der Waals surface area contributed by atoms with E-state index in [9.17, 15) is 18.0 Å². The molecule has 0 unspecified atom stereocenters. The van der Waals surface area contributed by atoms with Crippen molar-refractivity contribution < 1.29 is 17.9 Å². The average molecular weight is 414 g/mol. The number of rotatable bonds is 4. The van der Waals surface area contributed by atoms with Gasteiger partial charge in [0.2, 0.25) is 0 Å². The lowest BCUT2D eigenvalue weighted by Gasteiger charge is -2.31. The zero-order valence-electron chi connectivity index (χ0n) is 15.2. The van der Waals surface area contributed by atoms with Gasteiger partial charge in [-0.25, -0.2) is 9.97 Å². The maximum absolute atomic E-state index is 12.6. The number of ether oxygens (including phenoxy) is 1. The molecule has 0 saturated carbocycles. The molecule has 0 radical (unpaired) electrons. The number of hydrogen-bond acceptors (Lipinski definition) is 6. The minimum atomic E-state index is -4.59. The van der Waals surface area contributed by atoms with E-state index in [4.69, 9.17) is 9.72 Å². The van der Waals surface area contributed by atoms with Crippen LogP contribution in [0.3, 0.4) is 0 Å². The highest BCUT2D eigenvalue weighted by molar-refractivity contribution is 7.11. The Morgan fingerprint density at radius 2 is 2.07 bits per heavy atom. The number of piperidine rings is 1. The Kier molecular flexibility index (Phi) is 5.52. The number of halogens is 3. The second kappa shape index (κ2) is 7.92. The summed E-state index contributed by atoms with van der Waals surface area (Å²) in [6.45, 7) is 4.38. The molecule has 0 amide bonds. The van der Waals surface area contributed by atoms with Gasteiger partial charge in [-0.05, 0) is 31.8 Å². The fraction of sp³-hybridized carbons (Fsp3) is 0.611. The number of nitrogens with zero attached hydrogens (tertiary/aromatic N) is 4. The lowest BCUT2D eigenvalue weighted by Crippen LogP contribution is -2.36. The van der Waals surface area contributed by atoms with Crippen LogP contribution in [-0.2, 0) is 37.0 Å². The molecule has 1 saturated heterocycles. The van der Waals surface area contributed by atoms with E-state index >= 15 is 0 Å². The topological polar surface area (TPSA) is 60.2 Å². The molecule has 0 aromatic carbocycles. The van der Waals surface area contributed by atoms with Crippen LogP contribution >= 0.6 is 11.3 Å².